The number of hydrogen-bond acceptors (Lipinski definition) is 2. The molecule has 0 aliphatic heterocycles. The summed E-state index contributed by atoms with van der Waals surface area (Å²) in [5.74, 6) is -2.55. The summed E-state index contributed by atoms with van der Waals surface area (Å²) in [6.45, 7) is 0.887. The summed E-state index contributed by atoms with van der Waals surface area (Å²) in [6, 6.07) is 7.11. The van der Waals surface area contributed by atoms with Crippen LogP contribution in [0.5, 0.6) is 5.75 Å². The van der Waals surface area contributed by atoms with Crippen LogP contribution in [0.3, 0.4) is 0 Å². The molecule has 0 heterocycles. The number of ether oxygens (including phenoxy) is 1. The summed E-state index contributed by atoms with van der Waals surface area (Å²) < 4.78 is 82.9. The highest BCUT2D eigenvalue weighted by Gasteiger charge is 2.43. The van der Waals surface area contributed by atoms with E-state index in [2.05, 4.69) is 0 Å². The average Bonchev–Trinajstić information content (AvgIpc) is 2.53. The summed E-state index contributed by atoms with van der Waals surface area (Å²) in [7, 11) is 0. The van der Waals surface area contributed by atoms with Gasteiger partial charge in [-0.25, -0.2) is 4.79 Å². The fraction of sp³-hybridized carbons (Fsp3) is 0.235. The molecule has 0 spiro atoms. The minimum atomic E-state index is -4.83. The Kier molecular flexibility index (Phi) is 4.94. The lowest BCUT2D eigenvalue weighted by Gasteiger charge is -2.28. The van der Waals surface area contributed by atoms with E-state index >= 15 is 0 Å². The maximum Gasteiger partial charge on any atom is 0.419 e. The molecule has 1 atom stereocenters. The maximum atomic E-state index is 13.1. The van der Waals surface area contributed by atoms with Gasteiger partial charge in [0.25, 0.3) is 0 Å². The zero-order chi connectivity index (χ0) is 19.8. The van der Waals surface area contributed by atoms with Crippen LogP contribution in [-0.2, 0) is 22.7 Å². The zero-order valence-electron chi connectivity index (χ0n) is 13.2. The van der Waals surface area contributed by atoms with Crippen molar-refractivity contribution >= 4 is 5.97 Å². The SMILES string of the molecule is C[C@@](Oc1ccccc1C(F)(F)F)(C(=O)O)c1cccc(C(F)(F)F)c1. The minimum Gasteiger partial charge on any atom is -0.478 e. The van der Waals surface area contributed by atoms with Crippen molar-refractivity contribution in [2.24, 2.45) is 0 Å². The fourth-order valence-corrected chi connectivity index (χ4v) is 2.23. The van der Waals surface area contributed by atoms with Gasteiger partial charge in [0.1, 0.15) is 5.75 Å². The molecule has 0 fully saturated rings. The molecule has 2 aromatic carbocycles. The van der Waals surface area contributed by atoms with Gasteiger partial charge in [0.05, 0.1) is 11.1 Å². The summed E-state index contributed by atoms with van der Waals surface area (Å²) in [6.07, 6.45) is -9.58. The second-order valence-corrected chi connectivity index (χ2v) is 5.51. The van der Waals surface area contributed by atoms with E-state index in [9.17, 15) is 36.2 Å². The Balaban J connectivity index is 2.56. The molecule has 2 rings (SSSR count). The Bertz CT molecular complexity index is 813. The van der Waals surface area contributed by atoms with Crippen LogP contribution < -0.4 is 4.74 Å². The molecule has 2 aromatic rings. The van der Waals surface area contributed by atoms with Crippen molar-refractivity contribution < 1.29 is 41.0 Å². The van der Waals surface area contributed by atoms with Gasteiger partial charge in [-0.05, 0) is 31.2 Å². The van der Waals surface area contributed by atoms with Gasteiger partial charge in [-0.2, -0.15) is 26.3 Å². The number of alkyl halides is 6. The largest absolute Gasteiger partial charge is 0.478 e. The lowest BCUT2D eigenvalue weighted by atomic mass is 9.93. The first kappa shape index (κ1) is 19.6. The number of carboxylic acid groups (broad SMARTS) is 1. The Morgan fingerprint density at radius 2 is 1.46 bits per heavy atom. The van der Waals surface area contributed by atoms with Crippen LogP contribution >= 0.6 is 0 Å². The Hall–Kier alpha value is -2.71. The first-order chi connectivity index (χ1) is 11.9. The van der Waals surface area contributed by atoms with Gasteiger partial charge in [0, 0.05) is 5.56 Å². The highest BCUT2D eigenvalue weighted by atomic mass is 19.4. The summed E-state index contributed by atoms with van der Waals surface area (Å²) in [5, 5.41) is 9.45. The molecular formula is C17H12F6O3. The standard InChI is InChI=1S/C17H12F6O3/c1-15(14(24)25,10-5-4-6-11(9-10)16(18,19)20)26-13-8-3-2-7-12(13)17(21,22)23/h2-9H,1H3,(H,24,25)/t15-/m0/s1. The second kappa shape index (κ2) is 6.54. The molecule has 0 aromatic heterocycles. The van der Waals surface area contributed by atoms with Crippen LogP contribution in [0.25, 0.3) is 0 Å². The van der Waals surface area contributed by atoms with Crippen LogP contribution in [0.4, 0.5) is 26.3 Å². The third-order valence-corrected chi connectivity index (χ3v) is 3.66. The molecule has 3 nitrogen and oxygen atoms in total. The van der Waals surface area contributed by atoms with Crippen LogP contribution in [0.1, 0.15) is 23.6 Å². The summed E-state index contributed by atoms with van der Waals surface area (Å²) in [4.78, 5) is 11.7. The van der Waals surface area contributed by atoms with Crippen molar-refractivity contribution in [1.29, 1.82) is 0 Å². The van der Waals surface area contributed by atoms with Crippen molar-refractivity contribution in [2.75, 3.05) is 0 Å². The molecular weight excluding hydrogens is 366 g/mol. The van der Waals surface area contributed by atoms with Crippen molar-refractivity contribution in [2.45, 2.75) is 24.9 Å². The van der Waals surface area contributed by atoms with Gasteiger partial charge < -0.3 is 9.84 Å². The molecule has 0 saturated heterocycles. The quantitative estimate of drug-likeness (QED) is 0.753. The van der Waals surface area contributed by atoms with E-state index in [1.807, 2.05) is 0 Å². The lowest BCUT2D eigenvalue weighted by Crippen LogP contribution is -2.39. The summed E-state index contributed by atoms with van der Waals surface area (Å²) >= 11 is 0. The molecule has 0 unspecified atom stereocenters. The van der Waals surface area contributed by atoms with Gasteiger partial charge >= 0.3 is 18.3 Å². The van der Waals surface area contributed by atoms with Gasteiger partial charge in [0.15, 0.2) is 0 Å². The number of aliphatic carboxylic acids is 1. The smallest absolute Gasteiger partial charge is 0.419 e. The lowest BCUT2D eigenvalue weighted by molar-refractivity contribution is -0.157. The van der Waals surface area contributed by atoms with Crippen molar-refractivity contribution in [3.8, 4) is 5.75 Å². The fourth-order valence-electron chi connectivity index (χ4n) is 2.23. The van der Waals surface area contributed by atoms with E-state index in [0.29, 0.717) is 12.1 Å². The number of rotatable bonds is 4. The zero-order valence-corrected chi connectivity index (χ0v) is 13.2. The first-order valence-electron chi connectivity index (χ1n) is 7.12. The Morgan fingerprint density at radius 3 is 2.00 bits per heavy atom. The van der Waals surface area contributed by atoms with E-state index in [0.717, 1.165) is 37.3 Å². The van der Waals surface area contributed by atoms with Crippen molar-refractivity contribution in [1.82, 2.24) is 0 Å². The van der Waals surface area contributed by atoms with Crippen LogP contribution in [0.2, 0.25) is 0 Å². The van der Waals surface area contributed by atoms with Gasteiger partial charge in [0.2, 0.25) is 5.60 Å². The predicted octanol–water partition coefficient (Wildman–Crippen LogP) is 5.10. The van der Waals surface area contributed by atoms with E-state index in [-0.39, 0.29) is 0 Å². The molecule has 0 bridgehead atoms. The molecule has 0 aliphatic carbocycles. The van der Waals surface area contributed by atoms with E-state index < -0.39 is 46.4 Å². The highest BCUT2D eigenvalue weighted by molar-refractivity contribution is 5.79. The first-order valence-corrected chi connectivity index (χ1v) is 7.12. The van der Waals surface area contributed by atoms with Gasteiger partial charge in [-0.15, -0.1) is 0 Å². The van der Waals surface area contributed by atoms with Gasteiger partial charge in [-0.3, -0.25) is 0 Å². The molecule has 0 amide bonds. The van der Waals surface area contributed by atoms with E-state index in [4.69, 9.17) is 4.74 Å². The number of carboxylic acids is 1. The summed E-state index contributed by atoms with van der Waals surface area (Å²) in [5.41, 5.74) is -5.30. The number of para-hydroxylation sites is 1. The number of hydrogen-bond donors (Lipinski definition) is 1. The maximum absolute atomic E-state index is 13.1. The van der Waals surface area contributed by atoms with Crippen molar-refractivity contribution in [3.05, 3.63) is 65.2 Å². The third kappa shape index (κ3) is 3.92. The molecule has 0 aliphatic rings. The molecule has 0 radical (unpaired) electrons. The average molecular weight is 378 g/mol. The predicted molar refractivity (Wildman–Crippen MR) is 78.5 cm³/mol. The van der Waals surface area contributed by atoms with E-state index in [1.54, 1.807) is 0 Å². The Morgan fingerprint density at radius 1 is 0.885 bits per heavy atom. The topological polar surface area (TPSA) is 46.5 Å². The number of carbonyl (C=O) groups is 1. The minimum absolute atomic E-state index is 0.447. The molecule has 9 heteroatoms. The Labute approximate surface area is 143 Å². The number of benzene rings is 2. The number of halogens is 6. The highest BCUT2D eigenvalue weighted by Crippen LogP contribution is 2.40. The second-order valence-electron chi connectivity index (χ2n) is 5.51. The molecule has 140 valence electrons. The third-order valence-electron chi connectivity index (χ3n) is 3.66. The van der Waals surface area contributed by atoms with E-state index in [1.165, 1.54) is 6.07 Å². The molecule has 1 N–H and O–H groups in total. The normalized spacial score (nSPS) is 14.6. The monoisotopic (exact) mass is 378 g/mol. The molecule has 0 saturated carbocycles. The van der Waals surface area contributed by atoms with Crippen LogP contribution in [-0.4, -0.2) is 11.1 Å². The van der Waals surface area contributed by atoms with Gasteiger partial charge in [-0.1, -0.05) is 24.3 Å². The molecule has 26 heavy (non-hydrogen) atoms. The van der Waals surface area contributed by atoms with Crippen LogP contribution in [0, 0.1) is 0 Å². The van der Waals surface area contributed by atoms with Crippen LogP contribution in [0.15, 0.2) is 48.5 Å². The van der Waals surface area contributed by atoms with Crippen molar-refractivity contribution in [3.63, 3.8) is 0 Å².